The van der Waals surface area contributed by atoms with Gasteiger partial charge in [0.05, 0.1) is 63.3 Å². The Kier molecular flexibility index (Phi) is 40.5. The molecule has 5 aromatic carbocycles. The number of alkyl halides is 3. The molecular weight excluding hydrogens is 1700 g/mol. The van der Waals surface area contributed by atoms with Gasteiger partial charge in [-0.3, -0.25) is 52.9 Å². The van der Waals surface area contributed by atoms with Crippen LogP contribution in [0.15, 0.2) is 146 Å². The number of carbonyl (C=O) groups excluding carboxylic acids is 10. The number of ketones is 4. The Balaban J connectivity index is 0.000000247. The molecule has 5 amide bonds. The summed E-state index contributed by atoms with van der Waals surface area (Å²) in [5.74, 6) is -7.64. The first kappa shape index (κ1) is 108. The summed E-state index contributed by atoms with van der Waals surface area (Å²) in [4.78, 5) is 133. The van der Waals surface area contributed by atoms with Crippen molar-refractivity contribution in [3.63, 3.8) is 0 Å². The Morgan fingerprint density at radius 3 is 1.35 bits per heavy atom. The lowest BCUT2D eigenvalue weighted by molar-refractivity contribution is -0.163. The standard InChI is InChI=1S/C20H20BClFNO4.C19H28BNO5.C18H25BF3NO4.C17H23BClNO4.C15H22BN3O4/c22-16-7-5-13(6-8-16)19(26)24-20(9-10-20)18(25)12-15(21(27)28)11-14-3-1-2-4-17(14)23;1-18(2,3)26-16(22)13-19(10-7-11-19)17(23)21-15(20(24)25)12-14-8-5-4-6-9-14;1-11(2)9-15(19(26)27)23-16(25)17(3,4)10-14(24)12-7-5-6-8-13(12)18(20,21)22;1-11(2)9-13(18(23)24)10-15(21)17(7-8-17)20-16(22)12-3-5-14(19)6-4-12;1-10(2)7-13(16(22)23)19-14(21)15(3-4-15)8-12(20)11-9-17-5-6-18-11/h1-8,15,27-28H,9-12H2,(H,24,26);4-6,8-9,15,24-25H,7,10-13H2,1-3H3,(H,21,23);5-8,11,15,26-27H,9-10H2,1-4H3,(H,23,25);3-6,11,13,23-24H,7-10H2,1-2H3,(H,20,22);5-6,9-10,13,22-23H,3-4,7-8H2,1-2H3,(H,19,21)/t3*15-;2*13-/m10010/s1. The monoisotopic (exact) mass is 1820 g/mol. The molecule has 15 N–H and O–H groups in total. The highest BCUT2D eigenvalue weighted by Gasteiger charge is 2.55. The van der Waals surface area contributed by atoms with Crippen LogP contribution in [0, 0.1) is 39.8 Å². The third-order valence-electron chi connectivity index (χ3n) is 22.3. The van der Waals surface area contributed by atoms with Crippen molar-refractivity contribution in [2.75, 3.05) is 0 Å². The highest BCUT2D eigenvalue weighted by molar-refractivity contribution is 6.45. The average molecular weight is 1820 g/mol. The van der Waals surface area contributed by atoms with Crippen LogP contribution in [0.25, 0.3) is 0 Å². The summed E-state index contributed by atoms with van der Waals surface area (Å²) in [7, 11) is -8.38. The van der Waals surface area contributed by atoms with E-state index in [1.54, 1.807) is 87.5 Å². The summed E-state index contributed by atoms with van der Waals surface area (Å²) in [6.45, 7) is 19.7. The van der Waals surface area contributed by atoms with Crippen LogP contribution in [0.3, 0.4) is 0 Å². The lowest BCUT2D eigenvalue weighted by Gasteiger charge is -2.40. The number of ether oxygens (including phenoxy) is 1. The number of nitrogens with zero attached hydrogens (tertiary/aromatic N) is 2. The lowest BCUT2D eigenvalue weighted by atomic mass is 9.65. The van der Waals surface area contributed by atoms with Gasteiger partial charge >= 0.3 is 47.7 Å². The third kappa shape index (κ3) is 34.3. The van der Waals surface area contributed by atoms with E-state index in [1.807, 2.05) is 71.9 Å². The predicted octanol–water partition coefficient (Wildman–Crippen LogP) is 10.1. The zero-order valence-corrected chi connectivity index (χ0v) is 75.4. The van der Waals surface area contributed by atoms with E-state index >= 15 is 0 Å². The lowest BCUT2D eigenvalue weighted by Crippen LogP contribution is -2.55. The topological polar surface area (TPSA) is 468 Å². The summed E-state index contributed by atoms with van der Waals surface area (Å²) in [6, 6.07) is 32.5. The molecule has 5 atom stereocenters. The van der Waals surface area contributed by atoms with Gasteiger partial charge < -0.3 is 81.6 Å². The highest BCUT2D eigenvalue weighted by atomic mass is 35.5. The van der Waals surface area contributed by atoms with E-state index in [1.165, 1.54) is 50.6 Å². The number of rotatable bonds is 39. The fourth-order valence-electron chi connectivity index (χ4n) is 14.4. The molecule has 6 aromatic rings. The highest BCUT2D eigenvalue weighted by Crippen LogP contribution is 2.50. The van der Waals surface area contributed by atoms with E-state index in [0.717, 1.165) is 24.1 Å². The van der Waals surface area contributed by atoms with Crippen LogP contribution in [-0.4, -0.2) is 189 Å². The van der Waals surface area contributed by atoms with Gasteiger partial charge in [0.2, 0.25) is 17.7 Å². The van der Waals surface area contributed by atoms with Gasteiger partial charge in [0.25, 0.3) is 11.8 Å². The average Bonchev–Trinajstić information content (AvgIpc) is 1.26. The first-order valence-corrected chi connectivity index (χ1v) is 43.4. The molecule has 128 heavy (non-hydrogen) atoms. The summed E-state index contributed by atoms with van der Waals surface area (Å²) in [6.07, 6.45) is 6.14. The predicted molar refractivity (Wildman–Crippen MR) is 477 cm³/mol. The number of aromatic nitrogens is 2. The number of esters is 1. The molecule has 10 rings (SSSR count). The van der Waals surface area contributed by atoms with Gasteiger partial charge in [-0.05, 0) is 194 Å². The molecule has 0 bridgehead atoms. The van der Waals surface area contributed by atoms with Gasteiger partial charge in [0.1, 0.15) is 17.1 Å². The maximum atomic E-state index is 13.9. The van der Waals surface area contributed by atoms with Crippen LogP contribution in [0.4, 0.5) is 17.6 Å². The molecule has 692 valence electrons. The molecule has 0 unspecified atom stereocenters. The van der Waals surface area contributed by atoms with Crippen molar-refractivity contribution in [2.24, 2.45) is 34.0 Å². The zero-order chi connectivity index (χ0) is 95.6. The molecule has 39 heteroatoms. The fraction of sp³-hybridized carbons (Fsp3) is 0.506. The van der Waals surface area contributed by atoms with Crippen LogP contribution in [-0.2, 0) is 52.5 Å². The number of Topliss-reactive ketones (excluding diaryl/α,β-unsaturated/α-hetero) is 4. The van der Waals surface area contributed by atoms with Crippen molar-refractivity contribution in [2.45, 2.75) is 250 Å². The number of hydrogen-bond donors (Lipinski definition) is 15. The molecule has 0 aliphatic heterocycles. The Labute approximate surface area is 755 Å². The molecule has 28 nitrogen and oxygen atoms in total. The number of halogens is 6. The van der Waals surface area contributed by atoms with Gasteiger partial charge in [-0.2, -0.15) is 13.2 Å². The second-order valence-corrected chi connectivity index (χ2v) is 37.3. The maximum absolute atomic E-state index is 13.9. The number of carbonyl (C=O) groups is 10. The molecule has 4 aliphatic rings. The van der Waals surface area contributed by atoms with Crippen LogP contribution in [0.1, 0.15) is 244 Å². The molecule has 1 aromatic heterocycles. The second kappa shape index (κ2) is 48.2. The number of benzene rings is 5. The van der Waals surface area contributed by atoms with Gasteiger partial charge in [-0.15, -0.1) is 0 Å². The van der Waals surface area contributed by atoms with Gasteiger partial charge in [0, 0.05) is 76.4 Å². The van der Waals surface area contributed by atoms with Gasteiger partial charge in [0.15, 0.2) is 23.1 Å². The molecule has 4 saturated carbocycles. The van der Waals surface area contributed by atoms with Crippen molar-refractivity contribution in [1.29, 1.82) is 0 Å². The number of amides is 5. The van der Waals surface area contributed by atoms with E-state index in [9.17, 15) is 116 Å². The van der Waals surface area contributed by atoms with E-state index in [4.69, 9.17) is 27.9 Å². The minimum atomic E-state index is -4.68. The quantitative estimate of drug-likeness (QED) is 0.00738. The first-order valence-electron chi connectivity index (χ1n) is 42.7. The Hall–Kier alpha value is -9.10. The van der Waals surface area contributed by atoms with Crippen molar-refractivity contribution < 1.29 is 120 Å². The van der Waals surface area contributed by atoms with E-state index < -0.39 is 151 Å². The van der Waals surface area contributed by atoms with E-state index in [-0.39, 0.29) is 90.6 Å². The van der Waals surface area contributed by atoms with E-state index in [2.05, 4.69) is 36.6 Å². The summed E-state index contributed by atoms with van der Waals surface area (Å²) >= 11 is 11.6. The van der Waals surface area contributed by atoms with Crippen LogP contribution in [0.2, 0.25) is 21.7 Å². The zero-order valence-electron chi connectivity index (χ0n) is 73.9. The van der Waals surface area contributed by atoms with Crippen molar-refractivity contribution in [3.8, 4) is 0 Å². The van der Waals surface area contributed by atoms with Crippen LogP contribution in [0.5, 0.6) is 0 Å². The third-order valence-corrected chi connectivity index (χ3v) is 22.8. The normalized spacial score (nSPS) is 15.8. The van der Waals surface area contributed by atoms with Crippen molar-refractivity contribution >= 4 is 117 Å². The Morgan fingerprint density at radius 1 is 0.492 bits per heavy atom. The van der Waals surface area contributed by atoms with Crippen LogP contribution < -0.4 is 26.6 Å². The second-order valence-electron chi connectivity index (χ2n) is 36.4. The maximum Gasteiger partial charge on any atom is 0.475 e. The van der Waals surface area contributed by atoms with Crippen LogP contribution >= 0.6 is 23.2 Å². The van der Waals surface area contributed by atoms with Gasteiger partial charge in [-0.1, -0.05) is 152 Å². The Bertz CT molecular complexity index is 4680. The van der Waals surface area contributed by atoms with E-state index in [0.29, 0.717) is 104 Å². The summed E-state index contributed by atoms with van der Waals surface area (Å²) in [5.41, 5.74) is -4.63. The summed E-state index contributed by atoms with van der Waals surface area (Å²) in [5, 5.41) is 110. The SMILES string of the molecule is CC(C)(C)OC(=O)CC1(C(=O)N[C@@H](Cc2ccccc2)B(O)O)CCC1.CC(C)C[C@H](CC(=O)C1(NC(=O)c2ccc(Cl)cc2)CC1)B(O)O.CC(C)C[C@H](NC(=O)C(C)(C)CC(=O)c1ccccc1C(F)(F)F)B(O)O.CC(C)C[C@H](NC(=O)C1(CC(=O)c2cnccn2)CC1)B(O)O.O=C(NC1(C(=O)C[C@@H](Cc2ccccc2F)B(O)O)CC1)c1ccc(Cl)cc1. The minimum Gasteiger partial charge on any atom is -0.460 e. The molecular formula is C89H118B5Cl2F4N7O21. The molecule has 0 spiro atoms. The van der Waals surface area contributed by atoms with Gasteiger partial charge in [-0.25, -0.2) is 9.37 Å². The Morgan fingerprint density at radius 2 is 0.938 bits per heavy atom. The first-order chi connectivity index (χ1) is 59.7. The molecule has 4 aliphatic carbocycles. The molecule has 0 saturated heterocycles. The number of hydrogen-bond acceptors (Lipinski definition) is 23. The molecule has 0 radical (unpaired) electrons. The smallest absolute Gasteiger partial charge is 0.460 e. The molecule has 4 fully saturated rings. The fourth-order valence-corrected chi connectivity index (χ4v) is 14.6. The summed E-state index contributed by atoms with van der Waals surface area (Å²) < 4.78 is 58.5. The van der Waals surface area contributed by atoms with Crippen molar-refractivity contribution in [1.82, 2.24) is 36.6 Å². The van der Waals surface area contributed by atoms with Crippen molar-refractivity contribution in [3.05, 3.63) is 201 Å². The minimum absolute atomic E-state index is 0.00961. The number of nitrogens with one attached hydrogen (secondary N) is 5. The largest absolute Gasteiger partial charge is 0.475 e. The molecule has 1 heterocycles.